The molecule has 0 unspecified atom stereocenters. The Morgan fingerprint density at radius 2 is 2.17 bits per heavy atom. The summed E-state index contributed by atoms with van der Waals surface area (Å²) >= 11 is 0. The van der Waals surface area contributed by atoms with Gasteiger partial charge in [-0.1, -0.05) is 0 Å². The zero-order chi connectivity index (χ0) is 13.2. The van der Waals surface area contributed by atoms with E-state index in [-0.39, 0.29) is 5.54 Å². The predicted octanol–water partition coefficient (Wildman–Crippen LogP) is 2.65. The van der Waals surface area contributed by atoms with E-state index < -0.39 is 0 Å². The van der Waals surface area contributed by atoms with Gasteiger partial charge in [0.1, 0.15) is 11.9 Å². The van der Waals surface area contributed by atoms with Crippen LogP contribution in [0.3, 0.4) is 0 Å². The highest BCUT2D eigenvalue weighted by Gasteiger charge is 2.14. The molecule has 0 spiro atoms. The van der Waals surface area contributed by atoms with Crippen molar-refractivity contribution in [1.82, 2.24) is 14.8 Å². The Morgan fingerprint density at radius 3 is 2.78 bits per heavy atom. The van der Waals surface area contributed by atoms with E-state index in [0.717, 1.165) is 5.69 Å². The van der Waals surface area contributed by atoms with Crippen LogP contribution >= 0.6 is 0 Å². The maximum atomic E-state index is 8.98. The average molecular weight is 241 g/mol. The van der Waals surface area contributed by atoms with Crippen LogP contribution in [0.1, 0.15) is 26.3 Å². The normalized spacial score (nSPS) is 11.0. The summed E-state index contributed by atoms with van der Waals surface area (Å²) in [6, 6.07) is 5.56. The third kappa shape index (κ3) is 2.48. The molecular weight excluding hydrogens is 226 g/mol. The third-order valence-corrected chi connectivity index (χ3v) is 2.46. The van der Waals surface area contributed by atoms with Crippen LogP contribution in [0, 0.1) is 11.3 Å². The Hall–Kier alpha value is -2.35. The van der Waals surface area contributed by atoms with Crippen LogP contribution in [0.25, 0.3) is 0 Å². The summed E-state index contributed by atoms with van der Waals surface area (Å²) in [6.07, 6.45) is 5.27. The molecule has 0 aliphatic rings. The van der Waals surface area contributed by atoms with E-state index in [9.17, 15) is 0 Å². The number of nitrogens with one attached hydrogen (secondary N) is 1. The van der Waals surface area contributed by atoms with Gasteiger partial charge in [-0.25, -0.2) is 4.98 Å². The molecule has 0 saturated heterocycles. The molecule has 0 aliphatic heterocycles. The van der Waals surface area contributed by atoms with Gasteiger partial charge in [0.25, 0.3) is 0 Å². The van der Waals surface area contributed by atoms with Crippen molar-refractivity contribution in [2.75, 3.05) is 5.32 Å². The average Bonchev–Trinajstić information content (AvgIpc) is 2.78. The molecule has 18 heavy (non-hydrogen) atoms. The number of pyridine rings is 1. The lowest BCUT2D eigenvalue weighted by atomic mass is 10.1. The molecule has 0 atom stereocenters. The fourth-order valence-electron chi connectivity index (χ4n) is 1.49. The molecule has 5 heteroatoms. The lowest BCUT2D eigenvalue weighted by molar-refractivity contribution is 0.355. The fraction of sp³-hybridized carbons (Fsp3) is 0.308. The van der Waals surface area contributed by atoms with E-state index in [1.165, 1.54) is 0 Å². The summed E-state index contributed by atoms with van der Waals surface area (Å²) in [5.74, 6) is 0.549. The highest BCUT2D eigenvalue weighted by molar-refractivity contribution is 5.61. The van der Waals surface area contributed by atoms with Crippen LogP contribution < -0.4 is 5.32 Å². The largest absolute Gasteiger partial charge is 0.337 e. The van der Waals surface area contributed by atoms with E-state index in [1.54, 1.807) is 24.5 Å². The second-order valence-electron chi connectivity index (χ2n) is 4.98. The minimum atomic E-state index is -0.0674. The minimum absolute atomic E-state index is 0.0674. The Kier molecular flexibility index (Phi) is 3.02. The van der Waals surface area contributed by atoms with Crippen molar-refractivity contribution in [2.45, 2.75) is 26.3 Å². The molecule has 92 valence electrons. The third-order valence-electron chi connectivity index (χ3n) is 2.46. The van der Waals surface area contributed by atoms with Crippen molar-refractivity contribution < 1.29 is 0 Å². The first-order valence-corrected chi connectivity index (χ1v) is 5.68. The number of anilines is 2. The number of rotatable bonds is 2. The molecule has 1 N–H and O–H groups in total. The first-order chi connectivity index (χ1) is 8.50. The van der Waals surface area contributed by atoms with E-state index >= 15 is 0 Å². The maximum Gasteiger partial charge on any atom is 0.148 e. The fourth-order valence-corrected chi connectivity index (χ4v) is 1.49. The van der Waals surface area contributed by atoms with Gasteiger partial charge in [-0.3, -0.25) is 4.68 Å². The van der Waals surface area contributed by atoms with E-state index in [2.05, 4.69) is 42.2 Å². The van der Waals surface area contributed by atoms with Gasteiger partial charge >= 0.3 is 0 Å². The van der Waals surface area contributed by atoms with Crippen molar-refractivity contribution in [1.29, 1.82) is 5.26 Å². The minimum Gasteiger partial charge on any atom is -0.337 e. The zero-order valence-corrected chi connectivity index (χ0v) is 10.7. The van der Waals surface area contributed by atoms with Crippen LogP contribution in [0.2, 0.25) is 0 Å². The van der Waals surface area contributed by atoms with E-state index in [4.69, 9.17) is 5.26 Å². The maximum absolute atomic E-state index is 8.98. The highest BCUT2D eigenvalue weighted by atomic mass is 15.3. The van der Waals surface area contributed by atoms with Gasteiger partial charge in [0.2, 0.25) is 0 Å². The molecule has 0 radical (unpaired) electrons. The highest BCUT2D eigenvalue weighted by Crippen LogP contribution is 2.20. The quantitative estimate of drug-likeness (QED) is 0.877. The summed E-state index contributed by atoms with van der Waals surface area (Å²) in [5.41, 5.74) is 1.27. The van der Waals surface area contributed by atoms with Crippen LogP contribution in [0.15, 0.2) is 30.7 Å². The number of hydrogen-bond acceptors (Lipinski definition) is 4. The smallest absolute Gasteiger partial charge is 0.148 e. The molecule has 0 aliphatic carbocycles. The molecule has 0 amide bonds. The van der Waals surface area contributed by atoms with Gasteiger partial charge in [-0.15, -0.1) is 0 Å². The first-order valence-electron chi connectivity index (χ1n) is 5.68. The van der Waals surface area contributed by atoms with Crippen LogP contribution in [0.5, 0.6) is 0 Å². The molecule has 2 aromatic rings. The second kappa shape index (κ2) is 4.49. The number of aromatic nitrogens is 3. The molecule has 2 aromatic heterocycles. The predicted molar refractivity (Wildman–Crippen MR) is 69.5 cm³/mol. The van der Waals surface area contributed by atoms with Crippen molar-refractivity contribution in [3.63, 3.8) is 0 Å². The van der Waals surface area contributed by atoms with E-state index in [1.807, 2.05) is 10.9 Å². The van der Waals surface area contributed by atoms with Gasteiger partial charge < -0.3 is 5.32 Å². The van der Waals surface area contributed by atoms with Crippen molar-refractivity contribution in [2.24, 2.45) is 0 Å². The molecular formula is C13H15N5. The number of nitrogens with zero attached hydrogens (tertiary/aromatic N) is 4. The van der Waals surface area contributed by atoms with Gasteiger partial charge in [0, 0.05) is 12.4 Å². The van der Waals surface area contributed by atoms with Gasteiger partial charge in [-0.05, 0) is 32.9 Å². The molecule has 0 bridgehead atoms. The van der Waals surface area contributed by atoms with Gasteiger partial charge in [-0.2, -0.15) is 10.4 Å². The van der Waals surface area contributed by atoms with Gasteiger partial charge in [0.15, 0.2) is 0 Å². The number of nitriles is 1. The van der Waals surface area contributed by atoms with Crippen molar-refractivity contribution >= 4 is 11.5 Å². The van der Waals surface area contributed by atoms with Gasteiger partial charge in [0.05, 0.1) is 23.0 Å². The van der Waals surface area contributed by atoms with Crippen LogP contribution in [-0.2, 0) is 5.54 Å². The Bertz CT molecular complexity index is 586. The van der Waals surface area contributed by atoms with Crippen molar-refractivity contribution in [3.8, 4) is 6.07 Å². The summed E-state index contributed by atoms with van der Waals surface area (Å²) in [5, 5.41) is 16.4. The molecule has 0 saturated carbocycles. The molecule has 2 rings (SSSR count). The lowest BCUT2D eigenvalue weighted by Crippen LogP contribution is -2.21. The summed E-state index contributed by atoms with van der Waals surface area (Å²) < 4.78 is 1.87. The summed E-state index contributed by atoms with van der Waals surface area (Å²) in [6.45, 7) is 6.22. The molecule has 2 heterocycles. The van der Waals surface area contributed by atoms with E-state index in [0.29, 0.717) is 11.4 Å². The lowest BCUT2D eigenvalue weighted by Gasteiger charge is -2.18. The van der Waals surface area contributed by atoms with Crippen LogP contribution in [-0.4, -0.2) is 14.8 Å². The second-order valence-corrected chi connectivity index (χ2v) is 4.98. The monoisotopic (exact) mass is 241 g/mol. The number of hydrogen-bond donors (Lipinski definition) is 1. The molecule has 5 nitrogen and oxygen atoms in total. The first kappa shape index (κ1) is 12.1. The Morgan fingerprint density at radius 1 is 1.39 bits per heavy atom. The standard InChI is InChI=1S/C13H15N5/c1-13(2,3)18-9-11(8-16-18)17-12-10(7-14)5-4-6-15-12/h4-6,8-9H,1-3H3,(H,15,17). The SMILES string of the molecule is CC(C)(C)n1cc(Nc2ncccc2C#N)cn1. The summed E-state index contributed by atoms with van der Waals surface area (Å²) in [4.78, 5) is 4.15. The molecule has 0 fully saturated rings. The van der Waals surface area contributed by atoms with Crippen molar-refractivity contribution in [3.05, 3.63) is 36.3 Å². The Labute approximate surface area is 106 Å². The topological polar surface area (TPSA) is 66.5 Å². The van der Waals surface area contributed by atoms with Crippen LogP contribution in [0.4, 0.5) is 11.5 Å². The summed E-state index contributed by atoms with van der Waals surface area (Å²) in [7, 11) is 0. The Balaban J connectivity index is 2.25. The zero-order valence-electron chi connectivity index (χ0n) is 10.7. The molecule has 0 aromatic carbocycles.